The van der Waals surface area contributed by atoms with Crippen LogP contribution in [0.5, 0.6) is 0 Å². The van der Waals surface area contributed by atoms with Gasteiger partial charge in [-0.15, -0.1) is 0 Å². The molecular formula is C17H20. The van der Waals surface area contributed by atoms with E-state index >= 15 is 0 Å². The van der Waals surface area contributed by atoms with Crippen LogP contribution in [0.3, 0.4) is 0 Å². The van der Waals surface area contributed by atoms with E-state index in [0.29, 0.717) is 5.41 Å². The third-order valence-electron chi connectivity index (χ3n) is 7.06. The van der Waals surface area contributed by atoms with Gasteiger partial charge in [0, 0.05) is 0 Å². The minimum Gasteiger partial charge on any atom is -0.0622 e. The molecule has 4 aliphatic carbocycles. The Hall–Kier alpha value is -0.780. The molecule has 0 aliphatic heterocycles. The molecule has 17 heavy (non-hydrogen) atoms. The predicted octanol–water partition coefficient (Wildman–Crippen LogP) is 4.15. The molecule has 0 N–H and O–H groups in total. The Morgan fingerprint density at radius 1 is 1.06 bits per heavy atom. The van der Waals surface area contributed by atoms with Crippen LogP contribution in [-0.2, 0) is 5.41 Å². The van der Waals surface area contributed by atoms with Crippen LogP contribution in [0.2, 0.25) is 0 Å². The van der Waals surface area contributed by atoms with Crippen LogP contribution in [0.25, 0.3) is 0 Å². The van der Waals surface area contributed by atoms with Crippen molar-refractivity contribution in [3.05, 3.63) is 35.9 Å². The van der Waals surface area contributed by atoms with Crippen molar-refractivity contribution in [1.82, 2.24) is 0 Å². The molecule has 0 saturated heterocycles. The van der Waals surface area contributed by atoms with Gasteiger partial charge in [0.2, 0.25) is 0 Å². The van der Waals surface area contributed by atoms with Gasteiger partial charge in [0.15, 0.2) is 0 Å². The third kappa shape index (κ3) is 0.785. The first kappa shape index (κ1) is 9.19. The van der Waals surface area contributed by atoms with Crippen molar-refractivity contribution in [2.24, 2.45) is 22.7 Å². The van der Waals surface area contributed by atoms with Crippen molar-refractivity contribution in [2.75, 3.05) is 0 Å². The zero-order valence-electron chi connectivity index (χ0n) is 10.6. The molecule has 1 spiro atoms. The maximum absolute atomic E-state index is 2.58. The Labute approximate surface area is 103 Å². The van der Waals surface area contributed by atoms with Gasteiger partial charge >= 0.3 is 0 Å². The van der Waals surface area contributed by atoms with E-state index in [1.165, 1.54) is 19.3 Å². The Balaban J connectivity index is 1.65. The van der Waals surface area contributed by atoms with Crippen molar-refractivity contribution in [3.63, 3.8) is 0 Å². The highest BCUT2D eigenvalue weighted by atomic mass is 14.9. The smallest absolute Gasteiger partial charge is 0.000493 e. The molecule has 0 aromatic heterocycles. The number of fused-ring (bicyclic) bond motifs is 1. The molecule has 2 bridgehead atoms. The number of hydrogen-bond acceptors (Lipinski definition) is 0. The van der Waals surface area contributed by atoms with Crippen LogP contribution in [-0.4, -0.2) is 0 Å². The van der Waals surface area contributed by atoms with Gasteiger partial charge < -0.3 is 0 Å². The van der Waals surface area contributed by atoms with E-state index < -0.39 is 0 Å². The molecule has 0 radical (unpaired) electrons. The molecule has 0 heteroatoms. The second-order valence-electron chi connectivity index (χ2n) is 7.66. The van der Waals surface area contributed by atoms with Crippen LogP contribution in [0, 0.1) is 22.7 Å². The minimum atomic E-state index is 0.611. The van der Waals surface area contributed by atoms with Gasteiger partial charge in [-0.2, -0.15) is 0 Å². The van der Waals surface area contributed by atoms with Gasteiger partial charge in [-0.05, 0) is 65.7 Å². The lowest BCUT2D eigenvalue weighted by atomic mass is 9.48. The molecule has 4 saturated carbocycles. The van der Waals surface area contributed by atoms with Crippen LogP contribution >= 0.6 is 0 Å². The number of benzene rings is 1. The first-order valence-electron chi connectivity index (χ1n) is 7.24. The molecule has 88 valence electrons. The monoisotopic (exact) mass is 224 g/mol. The van der Waals surface area contributed by atoms with Crippen molar-refractivity contribution >= 4 is 0 Å². The highest BCUT2D eigenvalue weighted by molar-refractivity contribution is 5.43. The first-order chi connectivity index (χ1) is 8.19. The van der Waals surface area contributed by atoms with E-state index in [4.69, 9.17) is 0 Å². The summed E-state index contributed by atoms with van der Waals surface area (Å²) in [4.78, 5) is 0. The Kier molecular flexibility index (Phi) is 1.27. The summed E-state index contributed by atoms with van der Waals surface area (Å²) in [6, 6.07) is 11.4. The fourth-order valence-electron chi connectivity index (χ4n) is 6.54. The molecule has 4 aliphatic rings. The highest BCUT2D eigenvalue weighted by Crippen LogP contribution is 2.90. The summed E-state index contributed by atoms with van der Waals surface area (Å²) in [5.41, 5.74) is 3.83. The van der Waals surface area contributed by atoms with Crippen LogP contribution in [0.1, 0.15) is 44.6 Å². The summed E-state index contributed by atoms with van der Waals surface area (Å²) < 4.78 is 0. The van der Waals surface area contributed by atoms with E-state index in [-0.39, 0.29) is 0 Å². The first-order valence-corrected chi connectivity index (χ1v) is 7.24. The van der Waals surface area contributed by atoms with Gasteiger partial charge in [-0.25, -0.2) is 0 Å². The third-order valence-corrected chi connectivity index (χ3v) is 7.06. The van der Waals surface area contributed by atoms with Crippen molar-refractivity contribution in [3.8, 4) is 0 Å². The molecule has 0 amide bonds. The van der Waals surface area contributed by atoms with E-state index in [1.807, 2.05) is 0 Å². The Bertz CT molecular complexity index is 504. The zero-order chi connectivity index (χ0) is 11.3. The molecule has 0 nitrogen and oxygen atoms in total. The van der Waals surface area contributed by atoms with E-state index in [1.54, 1.807) is 18.4 Å². The average Bonchev–Trinajstić information content (AvgIpc) is 2.87. The lowest BCUT2D eigenvalue weighted by molar-refractivity contribution is -0.00290. The lowest BCUT2D eigenvalue weighted by Gasteiger charge is -2.55. The molecular weight excluding hydrogens is 204 g/mol. The summed E-state index contributed by atoms with van der Waals surface area (Å²) in [6.45, 7) is 2.58. The van der Waals surface area contributed by atoms with Gasteiger partial charge in [0.25, 0.3) is 0 Å². The normalized spacial score (nSPS) is 57.2. The maximum atomic E-state index is 2.58. The van der Waals surface area contributed by atoms with Gasteiger partial charge in [-0.3, -0.25) is 0 Å². The van der Waals surface area contributed by atoms with Gasteiger partial charge in [-0.1, -0.05) is 37.3 Å². The van der Waals surface area contributed by atoms with Crippen LogP contribution in [0.4, 0.5) is 0 Å². The lowest BCUT2D eigenvalue weighted by Crippen LogP contribution is -2.51. The summed E-state index contributed by atoms with van der Waals surface area (Å²) in [5.74, 6) is 2.09. The Morgan fingerprint density at radius 2 is 1.88 bits per heavy atom. The van der Waals surface area contributed by atoms with Gasteiger partial charge in [0.1, 0.15) is 0 Å². The fourth-order valence-corrected chi connectivity index (χ4v) is 6.54. The maximum Gasteiger partial charge on any atom is -0.000493 e. The van der Waals surface area contributed by atoms with Crippen molar-refractivity contribution < 1.29 is 0 Å². The van der Waals surface area contributed by atoms with E-state index in [2.05, 4.69) is 37.3 Å². The topological polar surface area (TPSA) is 0 Å². The second kappa shape index (κ2) is 2.35. The quantitative estimate of drug-likeness (QED) is 0.672. The molecule has 0 heterocycles. The van der Waals surface area contributed by atoms with Crippen molar-refractivity contribution in [1.29, 1.82) is 0 Å². The highest BCUT2D eigenvalue weighted by Gasteiger charge is 2.83. The van der Waals surface area contributed by atoms with Crippen LogP contribution < -0.4 is 0 Å². The molecule has 5 unspecified atom stereocenters. The SMILES string of the molecule is CC12CC3CC4C(c5ccccc5)(C3)CC41C2. The van der Waals surface area contributed by atoms with Gasteiger partial charge in [0.05, 0.1) is 0 Å². The molecule has 5 atom stereocenters. The average molecular weight is 224 g/mol. The summed E-state index contributed by atoms with van der Waals surface area (Å²) >= 11 is 0. The largest absolute Gasteiger partial charge is 0.0622 e. The summed E-state index contributed by atoms with van der Waals surface area (Å²) in [5, 5.41) is 0. The van der Waals surface area contributed by atoms with Crippen LogP contribution in [0.15, 0.2) is 30.3 Å². The van der Waals surface area contributed by atoms with Crippen molar-refractivity contribution in [2.45, 2.75) is 44.4 Å². The minimum absolute atomic E-state index is 0.611. The second-order valence-corrected chi connectivity index (χ2v) is 7.66. The number of hydrogen-bond donors (Lipinski definition) is 0. The molecule has 1 aromatic carbocycles. The molecule has 4 fully saturated rings. The summed E-state index contributed by atoms with van der Waals surface area (Å²) in [7, 11) is 0. The van der Waals surface area contributed by atoms with E-state index in [0.717, 1.165) is 22.7 Å². The summed E-state index contributed by atoms with van der Waals surface area (Å²) in [6.07, 6.45) is 7.65. The fraction of sp³-hybridized carbons (Fsp3) is 0.647. The Morgan fingerprint density at radius 3 is 2.71 bits per heavy atom. The molecule has 1 aromatic rings. The standard InChI is InChI=1S/C17H20/c1-15-8-12-7-14-16(9-12,11-17(14,15)10-15)13-5-3-2-4-6-13/h2-6,12,14H,7-11H2,1H3. The zero-order valence-corrected chi connectivity index (χ0v) is 10.6. The number of rotatable bonds is 1. The van der Waals surface area contributed by atoms with E-state index in [9.17, 15) is 0 Å². The molecule has 5 rings (SSSR count). The predicted molar refractivity (Wildman–Crippen MR) is 68.7 cm³/mol.